The summed E-state index contributed by atoms with van der Waals surface area (Å²) in [5, 5.41) is 0.465. The smallest absolute Gasteiger partial charge is 0.221 e. The van der Waals surface area contributed by atoms with Crippen LogP contribution in [0.1, 0.15) is 20.3 Å². The maximum Gasteiger partial charge on any atom is 0.221 e. The number of carbonyl (C=O) groups is 1. The van der Waals surface area contributed by atoms with Gasteiger partial charge in [0.25, 0.3) is 0 Å². The zero-order valence-electron chi connectivity index (χ0n) is 11.0. The topological polar surface area (TPSA) is 77.2 Å². The Balaban J connectivity index is 2.94. The molecule has 1 atom stereocenters. The molecule has 0 heterocycles. The summed E-state index contributed by atoms with van der Waals surface area (Å²) in [4.78, 5) is 11.5. The van der Waals surface area contributed by atoms with Crippen LogP contribution >= 0.6 is 11.6 Å². The van der Waals surface area contributed by atoms with E-state index in [0.29, 0.717) is 11.4 Å². The molecule has 0 aliphatic carbocycles. The zero-order valence-corrected chi connectivity index (χ0v) is 12.5. The normalized spacial score (nSPS) is 13.5. The van der Waals surface area contributed by atoms with E-state index < -0.39 is 21.7 Å². The van der Waals surface area contributed by atoms with Gasteiger partial charge in [0.15, 0.2) is 9.84 Å². The number of sulfone groups is 1. The summed E-state index contributed by atoms with van der Waals surface area (Å²) in [6.07, 6.45) is 0.460. The highest BCUT2D eigenvalue weighted by Crippen LogP contribution is 2.20. The SMILES string of the molecule is CC(C)C[C@@H](CS(=O)(=O)c1ccc(Cl)cc1)C(N)=O. The number of carbonyl (C=O) groups excluding carboxylic acids is 1. The fourth-order valence-corrected chi connectivity index (χ4v) is 3.54. The maximum absolute atomic E-state index is 12.2. The molecule has 0 aromatic heterocycles. The average molecular weight is 304 g/mol. The molecular formula is C13H18ClNO3S. The molecule has 1 rings (SSSR count). The summed E-state index contributed by atoms with van der Waals surface area (Å²) in [6.45, 7) is 3.84. The number of halogens is 1. The summed E-state index contributed by atoms with van der Waals surface area (Å²) in [5.74, 6) is -1.30. The summed E-state index contributed by atoms with van der Waals surface area (Å²) in [5.41, 5.74) is 5.27. The van der Waals surface area contributed by atoms with Gasteiger partial charge < -0.3 is 5.73 Å². The van der Waals surface area contributed by atoms with Crippen molar-refractivity contribution >= 4 is 27.3 Å². The zero-order chi connectivity index (χ0) is 14.6. The predicted octanol–water partition coefficient (Wildman–Crippen LogP) is 2.26. The Kier molecular flexibility index (Phi) is 5.38. The van der Waals surface area contributed by atoms with E-state index in [1.54, 1.807) is 0 Å². The molecule has 6 heteroatoms. The fourth-order valence-electron chi connectivity index (χ4n) is 1.84. The van der Waals surface area contributed by atoms with Gasteiger partial charge >= 0.3 is 0 Å². The van der Waals surface area contributed by atoms with Crippen LogP contribution in [0.25, 0.3) is 0 Å². The largest absolute Gasteiger partial charge is 0.369 e. The number of rotatable bonds is 6. The number of benzene rings is 1. The number of primary amides is 1. The summed E-state index contributed by atoms with van der Waals surface area (Å²) in [7, 11) is -3.53. The lowest BCUT2D eigenvalue weighted by Crippen LogP contribution is -2.31. The van der Waals surface area contributed by atoms with Crippen LogP contribution < -0.4 is 5.73 Å². The van der Waals surface area contributed by atoms with Crippen molar-refractivity contribution in [1.29, 1.82) is 0 Å². The molecule has 1 aromatic rings. The van der Waals surface area contributed by atoms with E-state index >= 15 is 0 Å². The Morgan fingerprint density at radius 2 is 1.79 bits per heavy atom. The molecule has 0 aliphatic heterocycles. The Bertz CT molecular complexity index is 538. The van der Waals surface area contributed by atoms with Crippen molar-refractivity contribution < 1.29 is 13.2 Å². The fraction of sp³-hybridized carbons (Fsp3) is 0.462. The van der Waals surface area contributed by atoms with Crippen LogP contribution in [0.15, 0.2) is 29.2 Å². The van der Waals surface area contributed by atoms with Gasteiger partial charge in [-0.15, -0.1) is 0 Å². The molecular weight excluding hydrogens is 286 g/mol. The van der Waals surface area contributed by atoms with E-state index in [9.17, 15) is 13.2 Å². The molecule has 0 saturated heterocycles. The number of amides is 1. The molecule has 0 fully saturated rings. The average Bonchev–Trinajstić information content (AvgIpc) is 2.27. The third kappa shape index (κ3) is 4.84. The molecule has 4 nitrogen and oxygen atoms in total. The summed E-state index contributed by atoms with van der Waals surface area (Å²) >= 11 is 5.72. The van der Waals surface area contributed by atoms with Gasteiger partial charge in [-0.2, -0.15) is 0 Å². The second-order valence-corrected chi connectivity index (χ2v) is 7.43. The van der Waals surface area contributed by atoms with Gasteiger partial charge in [-0.3, -0.25) is 4.79 Å². The lowest BCUT2D eigenvalue weighted by atomic mass is 9.98. The van der Waals surface area contributed by atoms with Crippen LogP contribution in [0.4, 0.5) is 0 Å². The number of nitrogens with two attached hydrogens (primary N) is 1. The highest BCUT2D eigenvalue weighted by Gasteiger charge is 2.25. The summed E-state index contributed by atoms with van der Waals surface area (Å²) in [6, 6.07) is 5.89. The van der Waals surface area contributed by atoms with E-state index in [1.165, 1.54) is 24.3 Å². The second kappa shape index (κ2) is 6.39. The summed E-state index contributed by atoms with van der Waals surface area (Å²) < 4.78 is 24.4. The van der Waals surface area contributed by atoms with Crippen molar-refractivity contribution in [2.45, 2.75) is 25.2 Å². The minimum absolute atomic E-state index is 0.159. The Hall–Kier alpha value is -1.07. The van der Waals surface area contributed by atoms with Crippen LogP contribution in [0.3, 0.4) is 0 Å². The monoisotopic (exact) mass is 303 g/mol. The minimum atomic E-state index is -3.53. The first-order valence-electron chi connectivity index (χ1n) is 6.00. The number of hydrogen-bond acceptors (Lipinski definition) is 3. The molecule has 1 amide bonds. The first-order valence-corrected chi connectivity index (χ1v) is 8.03. The standard InChI is InChI=1S/C13H18ClNO3S/c1-9(2)7-10(13(15)16)8-19(17,18)12-5-3-11(14)4-6-12/h3-6,9-10H,7-8H2,1-2H3,(H2,15,16)/t10-/m0/s1. The molecule has 0 aliphatic rings. The Labute approximate surface area is 118 Å². The van der Waals surface area contributed by atoms with Crippen LogP contribution in [-0.2, 0) is 14.6 Å². The van der Waals surface area contributed by atoms with Gasteiger partial charge in [-0.25, -0.2) is 8.42 Å². The van der Waals surface area contributed by atoms with Gasteiger partial charge in [0.2, 0.25) is 5.91 Å². The first-order chi connectivity index (χ1) is 8.72. The third-order valence-electron chi connectivity index (χ3n) is 2.75. The van der Waals surface area contributed by atoms with Crippen molar-refractivity contribution in [3.8, 4) is 0 Å². The molecule has 0 radical (unpaired) electrons. The molecule has 2 N–H and O–H groups in total. The first kappa shape index (κ1) is 16.0. The lowest BCUT2D eigenvalue weighted by Gasteiger charge is -2.15. The van der Waals surface area contributed by atoms with E-state index in [4.69, 9.17) is 17.3 Å². The quantitative estimate of drug-likeness (QED) is 0.875. The van der Waals surface area contributed by atoms with E-state index in [-0.39, 0.29) is 16.6 Å². The highest BCUT2D eigenvalue weighted by atomic mass is 35.5. The Morgan fingerprint density at radius 1 is 1.26 bits per heavy atom. The van der Waals surface area contributed by atoms with Gasteiger partial charge in [0, 0.05) is 5.02 Å². The Morgan fingerprint density at radius 3 is 2.21 bits per heavy atom. The molecule has 1 aromatic carbocycles. The third-order valence-corrected chi connectivity index (χ3v) is 4.84. The van der Waals surface area contributed by atoms with E-state index in [0.717, 1.165) is 0 Å². The second-order valence-electron chi connectivity index (χ2n) is 4.96. The van der Waals surface area contributed by atoms with E-state index in [1.807, 2.05) is 13.8 Å². The van der Waals surface area contributed by atoms with Crippen LogP contribution in [0, 0.1) is 11.8 Å². The molecule has 0 spiro atoms. The molecule has 0 unspecified atom stereocenters. The van der Waals surface area contributed by atoms with Gasteiger partial charge in [0.05, 0.1) is 16.6 Å². The van der Waals surface area contributed by atoms with Crippen LogP contribution in [-0.4, -0.2) is 20.1 Å². The lowest BCUT2D eigenvalue weighted by molar-refractivity contribution is -0.121. The highest BCUT2D eigenvalue weighted by molar-refractivity contribution is 7.91. The van der Waals surface area contributed by atoms with Crippen LogP contribution in [0.5, 0.6) is 0 Å². The maximum atomic E-state index is 12.2. The van der Waals surface area contributed by atoms with Gasteiger partial charge in [-0.1, -0.05) is 25.4 Å². The van der Waals surface area contributed by atoms with Crippen molar-refractivity contribution in [2.75, 3.05) is 5.75 Å². The van der Waals surface area contributed by atoms with Gasteiger partial charge in [-0.05, 0) is 36.6 Å². The van der Waals surface area contributed by atoms with Crippen molar-refractivity contribution in [1.82, 2.24) is 0 Å². The molecule has 106 valence electrons. The van der Waals surface area contributed by atoms with E-state index in [2.05, 4.69) is 0 Å². The number of hydrogen-bond donors (Lipinski definition) is 1. The van der Waals surface area contributed by atoms with Crippen molar-refractivity contribution in [3.05, 3.63) is 29.3 Å². The molecule has 0 saturated carbocycles. The van der Waals surface area contributed by atoms with Crippen LogP contribution in [0.2, 0.25) is 5.02 Å². The van der Waals surface area contributed by atoms with Gasteiger partial charge in [0.1, 0.15) is 0 Å². The molecule has 19 heavy (non-hydrogen) atoms. The minimum Gasteiger partial charge on any atom is -0.369 e. The van der Waals surface area contributed by atoms with Crippen molar-refractivity contribution in [3.63, 3.8) is 0 Å². The molecule has 0 bridgehead atoms. The predicted molar refractivity (Wildman–Crippen MR) is 75.6 cm³/mol. The van der Waals surface area contributed by atoms with Crippen molar-refractivity contribution in [2.24, 2.45) is 17.6 Å².